The Balaban J connectivity index is 1.52. The second-order valence-corrected chi connectivity index (χ2v) is 9.06. The van der Waals surface area contributed by atoms with E-state index in [-0.39, 0.29) is 17.9 Å². The molecule has 178 valence electrons. The molecule has 1 heterocycles. The molecule has 0 fully saturated rings. The lowest BCUT2D eigenvalue weighted by Crippen LogP contribution is -2.32. The van der Waals surface area contributed by atoms with Gasteiger partial charge in [0.25, 0.3) is 11.8 Å². The van der Waals surface area contributed by atoms with Gasteiger partial charge in [0.2, 0.25) is 6.79 Å². The van der Waals surface area contributed by atoms with E-state index in [0.29, 0.717) is 22.6 Å². The van der Waals surface area contributed by atoms with E-state index in [2.05, 4.69) is 36.6 Å². The number of hydrogen-bond acceptors (Lipinski definition) is 5. The van der Waals surface area contributed by atoms with Gasteiger partial charge in [-0.25, -0.2) is 5.43 Å². The van der Waals surface area contributed by atoms with Gasteiger partial charge in [0.1, 0.15) is 5.70 Å². The zero-order valence-corrected chi connectivity index (χ0v) is 19.9. The smallest absolute Gasteiger partial charge is 0.287 e. The molecule has 0 radical (unpaired) electrons. The number of benzene rings is 3. The van der Waals surface area contributed by atoms with Crippen molar-refractivity contribution in [2.75, 3.05) is 6.79 Å². The number of fused-ring (bicyclic) bond motifs is 1. The summed E-state index contributed by atoms with van der Waals surface area (Å²) in [5.41, 5.74) is 5.72. The third-order valence-corrected chi connectivity index (χ3v) is 5.39. The molecule has 0 spiro atoms. The molecule has 3 aromatic carbocycles. The van der Waals surface area contributed by atoms with Crippen LogP contribution < -0.4 is 20.2 Å². The van der Waals surface area contributed by atoms with Gasteiger partial charge >= 0.3 is 0 Å². The van der Waals surface area contributed by atoms with E-state index in [1.165, 1.54) is 5.56 Å². The summed E-state index contributed by atoms with van der Waals surface area (Å²) < 4.78 is 10.8. The number of hydrazone groups is 1. The third-order valence-electron chi connectivity index (χ3n) is 5.39. The van der Waals surface area contributed by atoms with Crippen molar-refractivity contribution >= 4 is 24.1 Å². The lowest BCUT2D eigenvalue weighted by atomic mass is 9.87. The maximum absolute atomic E-state index is 13.0. The van der Waals surface area contributed by atoms with Crippen LogP contribution in [-0.4, -0.2) is 24.8 Å². The van der Waals surface area contributed by atoms with E-state index in [9.17, 15) is 9.59 Å². The molecule has 7 nitrogen and oxygen atoms in total. The maximum atomic E-state index is 13.0. The first-order valence-corrected chi connectivity index (χ1v) is 11.2. The molecular weight excluding hydrogens is 442 g/mol. The highest BCUT2D eigenvalue weighted by Gasteiger charge is 2.17. The molecule has 3 aromatic rings. The van der Waals surface area contributed by atoms with Crippen LogP contribution in [0.4, 0.5) is 0 Å². The molecule has 0 saturated heterocycles. The minimum absolute atomic E-state index is 0.0398. The summed E-state index contributed by atoms with van der Waals surface area (Å²) in [7, 11) is 0. The van der Waals surface area contributed by atoms with Crippen molar-refractivity contribution in [1.29, 1.82) is 0 Å². The summed E-state index contributed by atoms with van der Waals surface area (Å²) in [5, 5.41) is 6.76. The Morgan fingerprint density at radius 2 is 1.57 bits per heavy atom. The summed E-state index contributed by atoms with van der Waals surface area (Å²) in [6.45, 7) is 6.59. The fourth-order valence-corrected chi connectivity index (χ4v) is 3.41. The molecule has 1 aliphatic rings. The van der Waals surface area contributed by atoms with E-state index in [1.54, 1.807) is 54.8 Å². The summed E-state index contributed by atoms with van der Waals surface area (Å²) in [5.74, 6) is 0.233. The average Bonchev–Trinajstić information content (AvgIpc) is 3.32. The van der Waals surface area contributed by atoms with Gasteiger partial charge in [-0.2, -0.15) is 5.10 Å². The molecule has 0 saturated carbocycles. The third kappa shape index (κ3) is 6.14. The molecule has 1 aliphatic heterocycles. The Morgan fingerprint density at radius 1 is 0.886 bits per heavy atom. The molecule has 0 unspecified atom stereocenters. The number of nitrogens with zero attached hydrogens (tertiary/aromatic N) is 1. The van der Waals surface area contributed by atoms with E-state index < -0.39 is 11.8 Å². The van der Waals surface area contributed by atoms with Crippen molar-refractivity contribution in [2.24, 2.45) is 5.10 Å². The van der Waals surface area contributed by atoms with Crippen LogP contribution in [0.1, 0.15) is 47.8 Å². The Hall–Kier alpha value is -4.39. The van der Waals surface area contributed by atoms with Gasteiger partial charge in [-0.05, 0) is 52.4 Å². The van der Waals surface area contributed by atoms with Crippen molar-refractivity contribution in [3.8, 4) is 11.5 Å². The first-order chi connectivity index (χ1) is 16.8. The molecular formula is C28H27N3O4. The Morgan fingerprint density at radius 3 is 2.29 bits per heavy atom. The number of ether oxygens (including phenoxy) is 2. The van der Waals surface area contributed by atoms with E-state index in [1.807, 2.05) is 30.3 Å². The minimum Gasteiger partial charge on any atom is -0.454 e. The Labute approximate surface area is 204 Å². The highest BCUT2D eigenvalue weighted by molar-refractivity contribution is 6.05. The summed E-state index contributed by atoms with van der Waals surface area (Å²) in [6.07, 6.45) is 3.12. The predicted octanol–water partition coefficient (Wildman–Crippen LogP) is 4.63. The zero-order chi connectivity index (χ0) is 24.8. The van der Waals surface area contributed by atoms with Crippen LogP contribution in [0.5, 0.6) is 11.5 Å². The van der Waals surface area contributed by atoms with Crippen LogP contribution in [0.2, 0.25) is 0 Å². The van der Waals surface area contributed by atoms with Gasteiger partial charge in [0, 0.05) is 5.56 Å². The van der Waals surface area contributed by atoms with Gasteiger partial charge in [-0.1, -0.05) is 69.3 Å². The number of nitrogens with one attached hydrogen (secondary N) is 2. The first kappa shape index (κ1) is 23.8. The predicted molar refractivity (Wildman–Crippen MR) is 135 cm³/mol. The molecule has 7 heteroatoms. The number of hydrogen-bond donors (Lipinski definition) is 2. The van der Waals surface area contributed by atoms with Crippen molar-refractivity contribution in [2.45, 2.75) is 26.2 Å². The van der Waals surface area contributed by atoms with Crippen molar-refractivity contribution in [3.05, 3.63) is 101 Å². The largest absolute Gasteiger partial charge is 0.454 e. The molecule has 35 heavy (non-hydrogen) atoms. The number of carbonyl (C=O) groups is 2. The maximum Gasteiger partial charge on any atom is 0.287 e. The van der Waals surface area contributed by atoms with Gasteiger partial charge in [-0.3, -0.25) is 9.59 Å². The molecule has 4 rings (SSSR count). The second-order valence-electron chi connectivity index (χ2n) is 9.06. The van der Waals surface area contributed by atoms with Gasteiger partial charge in [0.15, 0.2) is 11.5 Å². The Kier molecular flexibility index (Phi) is 6.96. The molecule has 2 amide bonds. The molecule has 2 N–H and O–H groups in total. The number of carbonyl (C=O) groups excluding carboxylic acids is 2. The van der Waals surface area contributed by atoms with Gasteiger partial charge in [-0.15, -0.1) is 0 Å². The van der Waals surface area contributed by atoms with Gasteiger partial charge < -0.3 is 14.8 Å². The molecule has 0 atom stereocenters. The highest BCUT2D eigenvalue weighted by atomic mass is 16.7. The Bertz CT molecular complexity index is 1270. The normalized spacial score (nSPS) is 13.1. The van der Waals surface area contributed by atoms with Crippen LogP contribution in [0.15, 0.2) is 83.6 Å². The average molecular weight is 470 g/mol. The van der Waals surface area contributed by atoms with Crippen LogP contribution in [0.25, 0.3) is 6.08 Å². The number of rotatable bonds is 6. The second kappa shape index (κ2) is 10.3. The SMILES string of the molecule is CC(C)(C)c1ccc(C=NNC(=O)C(=Cc2ccc3c(c2)OCO3)NC(=O)c2ccccc2)cc1. The molecule has 0 aromatic heterocycles. The van der Waals surface area contributed by atoms with E-state index in [4.69, 9.17) is 9.47 Å². The van der Waals surface area contributed by atoms with Crippen LogP contribution in [0.3, 0.4) is 0 Å². The molecule has 0 aliphatic carbocycles. The lowest BCUT2D eigenvalue weighted by Gasteiger charge is -2.18. The lowest BCUT2D eigenvalue weighted by molar-refractivity contribution is -0.117. The van der Waals surface area contributed by atoms with Crippen molar-refractivity contribution in [3.63, 3.8) is 0 Å². The van der Waals surface area contributed by atoms with Crippen LogP contribution in [0, 0.1) is 0 Å². The van der Waals surface area contributed by atoms with Crippen LogP contribution >= 0.6 is 0 Å². The first-order valence-electron chi connectivity index (χ1n) is 11.2. The quantitative estimate of drug-likeness (QED) is 0.313. The van der Waals surface area contributed by atoms with Crippen molar-refractivity contribution in [1.82, 2.24) is 10.7 Å². The van der Waals surface area contributed by atoms with Gasteiger partial charge in [0.05, 0.1) is 6.21 Å². The standard InChI is InChI=1S/C28H27N3O4/c1-28(2,3)22-12-9-19(10-13-22)17-29-31-27(33)23(30-26(32)21-7-5-4-6-8-21)15-20-11-14-24-25(16-20)35-18-34-24/h4-17H,18H2,1-3H3,(H,30,32)(H,31,33). The zero-order valence-electron chi connectivity index (χ0n) is 19.9. The minimum atomic E-state index is -0.561. The van der Waals surface area contributed by atoms with E-state index in [0.717, 1.165) is 5.56 Å². The van der Waals surface area contributed by atoms with E-state index >= 15 is 0 Å². The van der Waals surface area contributed by atoms with Crippen molar-refractivity contribution < 1.29 is 19.1 Å². The summed E-state index contributed by atoms with van der Waals surface area (Å²) >= 11 is 0. The summed E-state index contributed by atoms with van der Waals surface area (Å²) in [6, 6.07) is 21.9. The number of amides is 2. The topological polar surface area (TPSA) is 89.0 Å². The fourth-order valence-electron chi connectivity index (χ4n) is 3.41. The van der Waals surface area contributed by atoms with Crippen LogP contribution in [-0.2, 0) is 10.2 Å². The molecule has 0 bridgehead atoms. The monoisotopic (exact) mass is 469 g/mol. The summed E-state index contributed by atoms with van der Waals surface area (Å²) in [4.78, 5) is 25.7. The fraction of sp³-hybridized carbons (Fsp3) is 0.179. The highest BCUT2D eigenvalue weighted by Crippen LogP contribution is 2.33.